The zero-order chi connectivity index (χ0) is 23.8. The van der Waals surface area contributed by atoms with E-state index >= 15 is 0 Å². The Balaban J connectivity index is 1.62. The highest BCUT2D eigenvalue weighted by Crippen LogP contribution is 2.35. The Kier molecular flexibility index (Phi) is 8.24. The van der Waals surface area contributed by atoms with E-state index in [1.807, 2.05) is 12.1 Å². The average Bonchev–Trinajstić information content (AvgIpc) is 2.85. The summed E-state index contributed by atoms with van der Waals surface area (Å²) in [6, 6.07) is 17.9. The summed E-state index contributed by atoms with van der Waals surface area (Å²) in [4.78, 5) is 62.1. The molecule has 1 fully saturated rings. The van der Waals surface area contributed by atoms with Crippen LogP contribution in [0.2, 0.25) is 0 Å². The fourth-order valence-electron chi connectivity index (χ4n) is 4.00. The second kappa shape index (κ2) is 11.3. The van der Waals surface area contributed by atoms with Gasteiger partial charge in [0.15, 0.2) is 0 Å². The van der Waals surface area contributed by atoms with Gasteiger partial charge in [0.1, 0.15) is 19.0 Å². The standard InChI is InChI=1S/C26H26O7/c1-17(27)20-12-21(23(28)25(30)32-15-18-8-4-2-5-9-18)14-22(13-20)24(29)26(31)33-16-19-10-6-3-7-11-19/h2-11,20-22H,12-16H2,1H3/t20?,21-,22+. The fraction of sp³-hybridized carbons (Fsp3) is 0.346. The highest BCUT2D eigenvalue weighted by molar-refractivity contribution is 6.36. The maximum Gasteiger partial charge on any atom is 0.375 e. The predicted molar refractivity (Wildman–Crippen MR) is 117 cm³/mol. The van der Waals surface area contributed by atoms with Crippen molar-refractivity contribution < 1.29 is 33.4 Å². The Morgan fingerprint density at radius 2 is 1.00 bits per heavy atom. The molecule has 1 aliphatic carbocycles. The molecule has 0 N–H and O–H groups in total. The van der Waals surface area contributed by atoms with E-state index in [4.69, 9.17) is 9.47 Å². The number of hydrogen-bond donors (Lipinski definition) is 0. The van der Waals surface area contributed by atoms with E-state index in [0.717, 1.165) is 11.1 Å². The lowest BCUT2D eigenvalue weighted by molar-refractivity contribution is -0.160. The van der Waals surface area contributed by atoms with Gasteiger partial charge in [-0.25, -0.2) is 9.59 Å². The van der Waals surface area contributed by atoms with Crippen molar-refractivity contribution >= 4 is 29.3 Å². The second-order valence-electron chi connectivity index (χ2n) is 8.26. The number of ketones is 3. The largest absolute Gasteiger partial charge is 0.455 e. The number of rotatable bonds is 9. The summed E-state index contributed by atoms with van der Waals surface area (Å²) < 4.78 is 10.2. The minimum atomic E-state index is -1.01. The number of hydrogen-bond acceptors (Lipinski definition) is 7. The summed E-state index contributed by atoms with van der Waals surface area (Å²) in [7, 11) is 0. The van der Waals surface area contributed by atoms with Gasteiger partial charge < -0.3 is 9.47 Å². The lowest BCUT2D eigenvalue weighted by atomic mass is 9.71. The van der Waals surface area contributed by atoms with Crippen molar-refractivity contribution in [1.29, 1.82) is 0 Å². The van der Waals surface area contributed by atoms with E-state index in [2.05, 4.69) is 0 Å². The molecular formula is C26H26O7. The quantitative estimate of drug-likeness (QED) is 0.427. The van der Waals surface area contributed by atoms with E-state index in [0.29, 0.717) is 0 Å². The van der Waals surface area contributed by atoms with Crippen LogP contribution in [0, 0.1) is 17.8 Å². The SMILES string of the molecule is CC(=O)C1C[C@@H](C(=O)C(=O)OCc2ccccc2)C[C@@H](C(=O)C(=O)OCc2ccccc2)C1. The van der Waals surface area contributed by atoms with Crippen LogP contribution in [0.25, 0.3) is 0 Å². The molecule has 3 rings (SSSR count). The molecule has 0 spiro atoms. The Morgan fingerprint density at radius 3 is 1.36 bits per heavy atom. The third-order valence-electron chi connectivity index (χ3n) is 5.85. The summed E-state index contributed by atoms with van der Waals surface area (Å²) in [5.41, 5.74) is 1.47. The number of carbonyl (C=O) groups excluding carboxylic acids is 5. The topological polar surface area (TPSA) is 104 Å². The van der Waals surface area contributed by atoms with Crippen LogP contribution in [-0.2, 0) is 46.7 Å². The van der Waals surface area contributed by atoms with Crippen LogP contribution in [-0.4, -0.2) is 29.3 Å². The number of ether oxygens (including phenoxy) is 2. The summed E-state index contributed by atoms with van der Waals surface area (Å²) in [6.07, 6.45) is 0.303. The van der Waals surface area contributed by atoms with Gasteiger partial charge in [0, 0.05) is 17.8 Å². The smallest absolute Gasteiger partial charge is 0.375 e. The highest BCUT2D eigenvalue weighted by Gasteiger charge is 2.42. The molecule has 0 saturated heterocycles. The molecule has 0 amide bonds. The molecule has 1 aliphatic rings. The van der Waals surface area contributed by atoms with Gasteiger partial charge in [-0.05, 0) is 37.3 Å². The average molecular weight is 450 g/mol. The van der Waals surface area contributed by atoms with E-state index < -0.39 is 41.3 Å². The molecular weight excluding hydrogens is 424 g/mol. The monoisotopic (exact) mass is 450 g/mol. The Hall–Kier alpha value is -3.61. The summed E-state index contributed by atoms with van der Waals surface area (Å²) in [6.45, 7) is 1.27. The minimum absolute atomic E-state index is 0.00230. The maximum absolute atomic E-state index is 12.7. The minimum Gasteiger partial charge on any atom is -0.455 e. The Labute approximate surface area is 192 Å². The molecule has 0 radical (unpaired) electrons. The van der Waals surface area contributed by atoms with Gasteiger partial charge in [-0.1, -0.05) is 60.7 Å². The second-order valence-corrected chi connectivity index (χ2v) is 8.26. The third kappa shape index (κ3) is 6.68. The Bertz CT molecular complexity index is 938. The molecule has 0 aromatic heterocycles. The van der Waals surface area contributed by atoms with Crippen molar-refractivity contribution in [2.75, 3.05) is 0 Å². The van der Waals surface area contributed by atoms with Crippen LogP contribution in [0.3, 0.4) is 0 Å². The first kappa shape index (κ1) is 24.0. The number of benzene rings is 2. The number of carbonyl (C=O) groups is 5. The first-order valence-corrected chi connectivity index (χ1v) is 10.9. The van der Waals surface area contributed by atoms with Crippen molar-refractivity contribution in [2.45, 2.75) is 39.4 Å². The van der Waals surface area contributed by atoms with Crippen molar-refractivity contribution in [2.24, 2.45) is 17.8 Å². The lowest BCUT2D eigenvalue weighted by Gasteiger charge is -2.31. The predicted octanol–water partition coefficient (Wildman–Crippen LogP) is 3.23. The molecule has 0 aliphatic heterocycles. The van der Waals surface area contributed by atoms with Crippen molar-refractivity contribution in [3.63, 3.8) is 0 Å². The van der Waals surface area contributed by atoms with Crippen LogP contribution in [0.4, 0.5) is 0 Å². The molecule has 0 bridgehead atoms. The van der Waals surface area contributed by atoms with Crippen LogP contribution >= 0.6 is 0 Å². The molecule has 1 unspecified atom stereocenters. The summed E-state index contributed by atoms with van der Waals surface area (Å²) >= 11 is 0. The van der Waals surface area contributed by atoms with Crippen LogP contribution in [0.5, 0.6) is 0 Å². The Morgan fingerprint density at radius 1 is 0.636 bits per heavy atom. The third-order valence-corrected chi connectivity index (χ3v) is 5.85. The molecule has 172 valence electrons. The zero-order valence-electron chi connectivity index (χ0n) is 18.4. The summed E-state index contributed by atoms with van der Waals surface area (Å²) in [5.74, 6) is -6.11. The normalized spacial score (nSPS) is 19.8. The van der Waals surface area contributed by atoms with Gasteiger partial charge in [0.2, 0.25) is 11.6 Å². The van der Waals surface area contributed by atoms with Gasteiger partial charge in [-0.3, -0.25) is 14.4 Å². The van der Waals surface area contributed by atoms with Crippen LogP contribution in [0.15, 0.2) is 60.7 Å². The molecule has 2 aromatic carbocycles. The van der Waals surface area contributed by atoms with Crippen LogP contribution in [0.1, 0.15) is 37.3 Å². The number of Topliss-reactive ketones (excluding diaryl/α,β-unsaturated/α-hetero) is 3. The first-order valence-electron chi connectivity index (χ1n) is 10.9. The zero-order valence-corrected chi connectivity index (χ0v) is 18.4. The molecule has 1 saturated carbocycles. The van der Waals surface area contributed by atoms with Crippen LogP contribution < -0.4 is 0 Å². The molecule has 3 atom stereocenters. The molecule has 0 heterocycles. The van der Waals surface area contributed by atoms with Crippen molar-refractivity contribution in [3.8, 4) is 0 Å². The lowest BCUT2D eigenvalue weighted by Crippen LogP contribution is -2.39. The van der Waals surface area contributed by atoms with Crippen molar-refractivity contribution in [3.05, 3.63) is 71.8 Å². The van der Waals surface area contributed by atoms with Crippen molar-refractivity contribution in [1.82, 2.24) is 0 Å². The first-order chi connectivity index (χ1) is 15.8. The molecule has 7 nitrogen and oxygen atoms in total. The van der Waals surface area contributed by atoms with Gasteiger partial charge in [-0.15, -0.1) is 0 Å². The van der Waals surface area contributed by atoms with E-state index in [-0.39, 0.29) is 38.3 Å². The summed E-state index contributed by atoms with van der Waals surface area (Å²) in [5, 5.41) is 0. The maximum atomic E-state index is 12.7. The molecule has 7 heteroatoms. The van der Waals surface area contributed by atoms with Gasteiger partial charge in [0.05, 0.1) is 0 Å². The molecule has 2 aromatic rings. The van der Waals surface area contributed by atoms with E-state index in [9.17, 15) is 24.0 Å². The van der Waals surface area contributed by atoms with E-state index in [1.165, 1.54) is 6.92 Å². The molecule has 33 heavy (non-hydrogen) atoms. The van der Waals surface area contributed by atoms with Gasteiger partial charge >= 0.3 is 11.9 Å². The highest BCUT2D eigenvalue weighted by atomic mass is 16.5. The van der Waals surface area contributed by atoms with E-state index in [1.54, 1.807) is 48.5 Å². The number of esters is 2. The van der Waals surface area contributed by atoms with Gasteiger partial charge in [0.25, 0.3) is 0 Å². The van der Waals surface area contributed by atoms with Gasteiger partial charge in [-0.2, -0.15) is 0 Å². The fourth-order valence-corrected chi connectivity index (χ4v) is 4.00.